The van der Waals surface area contributed by atoms with E-state index in [1.54, 1.807) is 26.0 Å². The summed E-state index contributed by atoms with van der Waals surface area (Å²) in [5.74, 6) is 5.24. The Balaban J connectivity index is 0.00000364. The molecule has 1 aromatic carbocycles. The van der Waals surface area contributed by atoms with E-state index in [0.717, 1.165) is 38.6 Å². The van der Waals surface area contributed by atoms with Gasteiger partial charge in [-0.1, -0.05) is 68.4 Å². The first kappa shape index (κ1) is 23.5. The third kappa shape index (κ3) is 6.24. The van der Waals surface area contributed by atoms with E-state index in [1.807, 2.05) is 25.1 Å². The number of benzene rings is 1. The first-order chi connectivity index (χ1) is 12.4. The normalized spacial score (nSPS) is 17.0. The second-order valence-electron chi connectivity index (χ2n) is 7.45. The largest absolute Gasteiger partial charge is 0.444 e. The molecule has 0 saturated heterocycles. The van der Waals surface area contributed by atoms with Crippen molar-refractivity contribution in [3.8, 4) is 11.8 Å². The molecule has 0 amide bonds. The molecular formula is C22H32ClNO3. The zero-order valence-corrected chi connectivity index (χ0v) is 17.4. The van der Waals surface area contributed by atoms with Gasteiger partial charge in [0.1, 0.15) is 0 Å². The number of esters is 1. The highest BCUT2D eigenvalue weighted by Crippen LogP contribution is 2.41. The van der Waals surface area contributed by atoms with Crippen molar-refractivity contribution < 1.29 is 14.6 Å². The second-order valence-corrected chi connectivity index (χ2v) is 7.45. The molecule has 0 spiro atoms. The van der Waals surface area contributed by atoms with Crippen molar-refractivity contribution in [3.63, 3.8) is 0 Å². The van der Waals surface area contributed by atoms with Crippen LogP contribution < -0.4 is 5.32 Å². The summed E-state index contributed by atoms with van der Waals surface area (Å²) in [4.78, 5) is 13.1. The van der Waals surface area contributed by atoms with Gasteiger partial charge in [-0.25, -0.2) is 4.79 Å². The molecule has 0 heterocycles. The monoisotopic (exact) mass is 393 g/mol. The molecular weight excluding hydrogens is 362 g/mol. The molecule has 0 aliphatic heterocycles. The number of halogens is 1. The number of nitrogens with one attached hydrogen (secondary N) is 1. The van der Waals surface area contributed by atoms with Gasteiger partial charge in [-0.3, -0.25) is 0 Å². The highest BCUT2D eigenvalue weighted by atomic mass is 35.5. The lowest BCUT2D eigenvalue weighted by Gasteiger charge is -2.38. The van der Waals surface area contributed by atoms with Crippen LogP contribution in [0.4, 0.5) is 0 Å². The summed E-state index contributed by atoms with van der Waals surface area (Å²) in [6.07, 6.45) is 4.86. The van der Waals surface area contributed by atoms with E-state index in [1.165, 1.54) is 0 Å². The van der Waals surface area contributed by atoms with Gasteiger partial charge in [-0.2, -0.15) is 0 Å². The quantitative estimate of drug-likeness (QED) is 0.438. The molecule has 150 valence electrons. The molecule has 1 saturated carbocycles. The third-order valence-electron chi connectivity index (χ3n) is 4.92. The Kier molecular flexibility index (Phi) is 9.32. The van der Waals surface area contributed by atoms with E-state index < -0.39 is 17.2 Å². The van der Waals surface area contributed by atoms with Crippen LogP contribution in [0.3, 0.4) is 0 Å². The zero-order chi connectivity index (χ0) is 19.0. The maximum Gasteiger partial charge on any atom is 0.344 e. The van der Waals surface area contributed by atoms with Crippen LogP contribution in [0.5, 0.6) is 0 Å². The first-order valence-electron chi connectivity index (χ1n) is 9.62. The number of hydrogen-bond donors (Lipinski definition) is 2. The molecule has 2 rings (SSSR count). The van der Waals surface area contributed by atoms with Gasteiger partial charge in [0, 0.05) is 5.92 Å². The number of aliphatic hydroxyl groups is 1. The van der Waals surface area contributed by atoms with E-state index >= 15 is 0 Å². The molecule has 1 atom stereocenters. The Bertz CT molecular complexity index is 645. The lowest BCUT2D eigenvalue weighted by Crippen LogP contribution is -2.47. The Labute approximate surface area is 169 Å². The molecule has 1 aliphatic rings. The van der Waals surface area contributed by atoms with Gasteiger partial charge in [0.2, 0.25) is 0 Å². The van der Waals surface area contributed by atoms with Gasteiger partial charge in [-0.15, -0.1) is 12.4 Å². The maximum absolute atomic E-state index is 13.1. The van der Waals surface area contributed by atoms with Crippen LogP contribution in [0.25, 0.3) is 0 Å². The standard InChI is InChI=1S/C22H31NO3.ClH/c1-4-23-17-11-16-21(2,3)26-20(24)22(25,18-12-7-5-8-13-18)19-14-9-6-10-15-19;/h5,7-8,12-13,19,23,25H,4,6,9-10,14-15,17H2,1-3H3;1H/t22-;/m1./s1. The summed E-state index contributed by atoms with van der Waals surface area (Å²) in [6, 6.07) is 9.18. The summed E-state index contributed by atoms with van der Waals surface area (Å²) in [5, 5.41) is 14.6. The van der Waals surface area contributed by atoms with E-state index in [-0.39, 0.29) is 18.3 Å². The van der Waals surface area contributed by atoms with Crippen molar-refractivity contribution in [2.45, 2.75) is 64.1 Å². The van der Waals surface area contributed by atoms with Crippen LogP contribution in [0.15, 0.2) is 30.3 Å². The van der Waals surface area contributed by atoms with Gasteiger partial charge >= 0.3 is 5.97 Å². The topological polar surface area (TPSA) is 58.6 Å². The molecule has 27 heavy (non-hydrogen) atoms. The molecule has 1 aliphatic carbocycles. The van der Waals surface area contributed by atoms with Crippen LogP contribution in [0.1, 0.15) is 58.4 Å². The molecule has 1 fully saturated rings. The maximum atomic E-state index is 13.1. The fourth-order valence-electron chi connectivity index (χ4n) is 3.51. The summed E-state index contributed by atoms with van der Waals surface area (Å²) in [5.41, 5.74) is -1.97. The summed E-state index contributed by atoms with van der Waals surface area (Å²) in [7, 11) is 0. The predicted molar refractivity (Wildman–Crippen MR) is 111 cm³/mol. The van der Waals surface area contributed by atoms with Gasteiger partial charge in [-0.05, 0) is 38.8 Å². The average Bonchev–Trinajstić information content (AvgIpc) is 2.65. The second kappa shape index (κ2) is 10.7. The minimum atomic E-state index is -1.62. The Morgan fingerprint density at radius 2 is 1.85 bits per heavy atom. The molecule has 0 aromatic heterocycles. The fourth-order valence-corrected chi connectivity index (χ4v) is 3.51. The Morgan fingerprint density at radius 1 is 1.22 bits per heavy atom. The number of carbonyl (C=O) groups excluding carboxylic acids is 1. The lowest BCUT2D eigenvalue weighted by molar-refractivity contribution is -0.184. The highest BCUT2D eigenvalue weighted by molar-refractivity contribution is 5.85. The van der Waals surface area contributed by atoms with Crippen molar-refractivity contribution in [2.24, 2.45) is 5.92 Å². The summed E-state index contributed by atoms with van der Waals surface area (Å²) >= 11 is 0. The van der Waals surface area contributed by atoms with E-state index in [0.29, 0.717) is 12.1 Å². The number of hydrogen-bond acceptors (Lipinski definition) is 4. The van der Waals surface area contributed by atoms with E-state index in [2.05, 4.69) is 17.2 Å². The minimum absolute atomic E-state index is 0. The number of carbonyl (C=O) groups is 1. The van der Waals surface area contributed by atoms with Crippen LogP contribution in [-0.4, -0.2) is 29.8 Å². The lowest BCUT2D eigenvalue weighted by atomic mass is 9.73. The number of ether oxygens (including phenoxy) is 1. The molecule has 0 unspecified atom stereocenters. The van der Waals surface area contributed by atoms with Crippen molar-refractivity contribution in [2.75, 3.05) is 13.1 Å². The smallest absolute Gasteiger partial charge is 0.344 e. The molecule has 1 aromatic rings. The Hall–Kier alpha value is -1.54. The van der Waals surface area contributed by atoms with Crippen molar-refractivity contribution in [1.82, 2.24) is 5.32 Å². The van der Waals surface area contributed by atoms with Crippen molar-refractivity contribution in [1.29, 1.82) is 0 Å². The minimum Gasteiger partial charge on any atom is -0.444 e. The third-order valence-corrected chi connectivity index (χ3v) is 4.92. The average molecular weight is 394 g/mol. The first-order valence-corrected chi connectivity index (χ1v) is 9.62. The highest BCUT2D eigenvalue weighted by Gasteiger charge is 2.48. The predicted octanol–water partition coefficient (Wildman–Crippen LogP) is 3.81. The fraction of sp³-hybridized carbons (Fsp3) is 0.591. The van der Waals surface area contributed by atoms with Gasteiger partial charge in [0.25, 0.3) is 0 Å². The Morgan fingerprint density at radius 3 is 2.44 bits per heavy atom. The van der Waals surface area contributed by atoms with Crippen LogP contribution >= 0.6 is 12.4 Å². The van der Waals surface area contributed by atoms with Gasteiger partial charge in [0.15, 0.2) is 11.2 Å². The molecule has 0 bridgehead atoms. The van der Waals surface area contributed by atoms with E-state index in [9.17, 15) is 9.90 Å². The number of rotatable bonds is 6. The SMILES string of the molecule is CCNCC#CC(C)(C)OC(=O)[C@@](O)(c1ccccc1)C1CCCCC1.Cl. The van der Waals surface area contributed by atoms with Crippen LogP contribution in [-0.2, 0) is 15.1 Å². The van der Waals surface area contributed by atoms with E-state index in [4.69, 9.17) is 4.74 Å². The van der Waals surface area contributed by atoms with Crippen LogP contribution in [0.2, 0.25) is 0 Å². The molecule has 0 radical (unpaired) electrons. The molecule has 2 N–H and O–H groups in total. The van der Waals surface area contributed by atoms with Crippen molar-refractivity contribution >= 4 is 18.4 Å². The van der Waals surface area contributed by atoms with Crippen LogP contribution in [0, 0.1) is 17.8 Å². The van der Waals surface area contributed by atoms with Crippen molar-refractivity contribution in [3.05, 3.63) is 35.9 Å². The summed E-state index contributed by atoms with van der Waals surface area (Å²) < 4.78 is 5.70. The zero-order valence-electron chi connectivity index (χ0n) is 16.6. The molecule has 5 heteroatoms. The van der Waals surface area contributed by atoms with Gasteiger partial charge < -0.3 is 15.2 Å². The molecule has 4 nitrogen and oxygen atoms in total. The van der Waals surface area contributed by atoms with Gasteiger partial charge in [0.05, 0.1) is 6.54 Å². The summed E-state index contributed by atoms with van der Waals surface area (Å²) in [6.45, 7) is 6.91.